The van der Waals surface area contributed by atoms with Gasteiger partial charge in [0.05, 0.1) is 13.2 Å². The number of nitrogens with zero attached hydrogens (tertiary/aromatic N) is 3. The second kappa shape index (κ2) is 6.53. The van der Waals surface area contributed by atoms with Gasteiger partial charge in [0.1, 0.15) is 12.4 Å². The van der Waals surface area contributed by atoms with E-state index >= 15 is 0 Å². The van der Waals surface area contributed by atoms with Crippen LogP contribution < -0.4 is 4.74 Å². The van der Waals surface area contributed by atoms with Gasteiger partial charge in [0.2, 0.25) is 11.8 Å². The number of aryl methyl sites for hydroxylation is 2. The van der Waals surface area contributed by atoms with Gasteiger partial charge in [-0.3, -0.25) is 4.90 Å². The molecular formula is C18H23N3O3. The van der Waals surface area contributed by atoms with E-state index in [9.17, 15) is 0 Å². The Bertz CT molecular complexity index is 709. The third kappa shape index (κ3) is 3.16. The Morgan fingerprint density at radius 3 is 2.88 bits per heavy atom. The van der Waals surface area contributed by atoms with Crippen LogP contribution in [0.1, 0.15) is 29.3 Å². The van der Waals surface area contributed by atoms with Crippen molar-refractivity contribution >= 4 is 0 Å². The van der Waals surface area contributed by atoms with E-state index in [0.717, 1.165) is 31.7 Å². The molecule has 4 rings (SSSR count). The van der Waals surface area contributed by atoms with Crippen LogP contribution in [-0.2, 0) is 24.2 Å². The third-order valence-corrected chi connectivity index (χ3v) is 5.02. The second-order valence-corrected chi connectivity index (χ2v) is 6.63. The minimum absolute atomic E-state index is 0.268. The maximum atomic E-state index is 5.85. The van der Waals surface area contributed by atoms with E-state index in [-0.39, 0.29) is 6.10 Å². The maximum absolute atomic E-state index is 5.85. The summed E-state index contributed by atoms with van der Waals surface area (Å²) in [4.78, 5) is 2.52. The molecule has 1 aliphatic heterocycles. The van der Waals surface area contributed by atoms with Crippen LogP contribution in [-0.4, -0.2) is 47.4 Å². The van der Waals surface area contributed by atoms with Gasteiger partial charge in [-0.25, -0.2) is 0 Å². The standard InChI is InChI=1S/C18H23N3O3/c1-12-19-20-18(24-12)11-23-17-9-21(10-17)15-5-3-13-4-6-16(22-2)8-14(13)7-15/h4,6,8,15,17H,3,5,7,9-11H2,1-2H3. The van der Waals surface area contributed by atoms with E-state index in [1.54, 1.807) is 14.0 Å². The highest BCUT2D eigenvalue weighted by Crippen LogP contribution is 2.30. The summed E-state index contributed by atoms with van der Waals surface area (Å²) in [5, 5.41) is 7.77. The van der Waals surface area contributed by atoms with Gasteiger partial charge < -0.3 is 13.9 Å². The van der Waals surface area contributed by atoms with Gasteiger partial charge in [-0.05, 0) is 42.5 Å². The molecule has 0 saturated carbocycles. The average molecular weight is 329 g/mol. The predicted octanol–water partition coefficient (Wildman–Crippen LogP) is 2.14. The van der Waals surface area contributed by atoms with Crippen molar-refractivity contribution in [3.63, 3.8) is 0 Å². The molecule has 0 N–H and O–H groups in total. The van der Waals surface area contributed by atoms with Gasteiger partial charge in [0, 0.05) is 26.1 Å². The van der Waals surface area contributed by atoms with Crippen molar-refractivity contribution in [3.05, 3.63) is 41.1 Å². The van der Waals surface area contributed by atoms with Crippen LogP contribution in [0, 0.1) is 6.92 Å². The fraction of sp³-hybridized carbons (Fsp3) is 0.556. The summed E-state index contributed by atoms with van der Waals surface area (Å²) < 4.78 is 16.5. The summed E-state index contributed by atoms with van der Waals surface area (Å²) in [7, 11) is 1.73. The van der Waals surface area contributed by atoms with Gasteiger partial charge in [-0.2, -0.15) is 0 Å². The van der Waals surface area contributed by atoms with E-state index in [4.69, 9.17) is 13.9 Å². The molecule has 128 valence electrons. The van der Waals surface area contributed by atoms with Crippen molar-refractivity contribution in [3.8, 4) is 5.75 Å². The average Bonchev–Trinajstić information content (AvgIpc) is 2.98. The fourth-order valence-electron chi connectivity index (χ4n) is 3.61. The van der Waals surface area contributed by atoms with Crippen LogP contribution in [0.2, 0.25) is 0 Å². The molecule has 0 amide bonds. The lowest BCUT2D eigenvalue weighted by atomic mass is 9.86. The zero-order valence-electron chi connectivity index (χ0n) is 14.2. The molecule has 24 heavy (non-hydrogen) atoms. The minimum atomic E-state index is 0.268. The Kier molecular flexibility index (Phi) is 4.24. The second-order valence-electron chi connectivity index (χ2n) is 6.63. The Hall–Kier alpha value is -1.92. The number of methoxy groups -OCH3 is 1. The predicted molar refractivity (Wildman–Crippen MR) is 88.0 cm³/mol. The largest absolute Gasteiger partial charge is 0.497 e. The van der Waals surface area contributed by atoms with Gasteiger partial charge in [-0.1, -0.05) is 6.07 Å². The molecule has 0 bridgehead atoms. The molecule has 0 spiro atoms. The fourth-order valence-corrected chi connectivity index (χ4v) is 3.61. The summed E-state index contributed by atoms with van der Waals surface area (Å²) in [6, 6.07) is 7.06. The lowest BCUT2D eigenvalue weighted by Gasteiger charge is -2.45. The number of hydrogen-bond donors (Lipinski definition) is 0. The van der Waals surface area contributed by atoms with E-state index in [1.807, 2.05) is 0 Å². The maximum Gasteiger partial charge on any atom is 0.242 e. The van der Waals surface area contributed by atoms with Crippen LogP contribution >= 0.6 is 0 Å². The minimum Gasteiger partial charge on any atom is -0.497 e. The van der Waals surface area contributed by atoms with Gasteiger partial charge in [0.25, 0.3) is 0 Å². The van der Waals surface area contributed by atoms with Crippen molar-refractivity contribution < 1.29 is 13.9 Å². The van der Waals surface area contributed by atoms with Gasteiger partial charge in [0.15, 0.2) is 0 Å². The molecule has 0 radical (unpaired) electrons. The molecule has 1 aromatic heterocycles. The molecule has 6 heteroatoms. The summed E-state index contributed by atoms with van der Waals surface area (Å²) in [5.41, 5.74) is 2.89. The van der Waals surface area contributed by atoms with Gasteiger partial charge >= 0.3 is 0 Å². The number of aromatic nitrogens is 2. The highest BCUT2D eigenvalue weighted by molar-refractivity contribution is 5.38. The smallest absolute Gasteiger partial charge is 0.242 e. The highest BCUT2D eigenvalue weighted by Gasteiger charge is 2.34. The Morgan fingerprint density at radius 1 is 1.25 bits per heavy atom. The summed E-state index contributed by atoms with van der Waals surface area (Å²) >= 11 is 0. The van der Waals surface area contributed by atoms with E-state index < -0.39 is 0 Å². The lowest BCUT2D eigenvalue weighted by molar-refractivity contribution is -0.0856. The van der Waals surface area contributed by atoms with Crippen molar-refractivity contribution in [2.75, 3.05) is 20.2 Å². The Morgan fingerprint density at radius 2 is 2.12 bits per heavy atom. The van der Waals surface area contributed by atoms with Crippen LogP contribution in [0.3, 0.4) is 0 Å². The normalized spacial score (nSPS) is 21.3. The SMILES string of the molecule is COc1ccc2c(c1)CC(N1CC(OCc3nnc(C)o3)C1)CC2. The lowest BCUT2D eigenvalue weighted by Crippen LogP contribution is -2.57. The molecule has 6 nitrogen and oxygen atoms in total. The molecule has 2 heterocycles. The number of fused-ring (bicyclic) bond motifs is 1. The van der Waals surface area contributed by atoms with Crippen LogP contribution in [0.4, 0.5) is 0 Å². The Labute approximate surface area is 141 Å². The summed E-state index contributed by atoms with van der Waals surface area (Å²) in [6.07, 6.45) is 3.73. The van der Waals surface area contributed by atoms with Crippen molar-refractivity contribution in [2.24, 2.45) is 0 Å². The molecular weight excluding hydrogens is 306 g/mol. The Balaban J connectivity index is 1.28. The zero-order valence-corrected chi connectivity index (χ0v) is 14.2. The molecule has 1 aliphatic carbocycles. The first-order chi connectivity index (χ1) is 11.7. The van der Waals surface area contributed by atoms with Crippen LogP contribution in [0.5, 0.6) is 5.75 Å². The first-order valence-corrected chi connectivity index (χ1v) is 8.51. The molecule has 1 aromatic carbocycles. The molecule has 1 fully saturated rings. The number of likely N-dealkylation sites (tertiary alicyclic amines) is 1. The van der Waals surface area contributed by atoms with Crippen molar-refractivity contribution in [1.29, 1.82) is 0 Å². The molecule has 1 atom stereocenters. The third-order valence-electron chi connectivity index (χ3n) is 5.02. The topological polar surface area (TPSA) is 60.6 Å². The summed E-state index contributed by atoms with van der Waals surface area (Å²) in [5.74, 6) is 2.10. The zero-order chi connectivity index (χ0) is 16.5. The molecule has 2 aromatic rings. The van der Waals surface area contributed by atoms with E-state index in [0.29, 0.717) is 24.4 Å². The monoisotopic (exact) mass is 329 g/mol. The number of ether oxygens (including phenoxy) is 2. The van der Waals surface area contributed by atoms with Crippen molar-refractivity contribution in [2.45, 2.75) is 44.9 Å². The molecule has 2 aliphatic rings. The van der Waals surface area contributed by atoms with E-state index in [1.165, 1.54) is 17.5 Å². The van der Waals surface area contributed by atoms with Crippen molar-refractivity contribution in [1.82, 2.24) is 15.1 Å². The first kappa shape index (κ1) is 15.6. The highest BCUT2D eigenvalue weighted by atomic mass is 16.5. The molecule has 1 unspecified atom stereocenters. The number of benzene rings is 1. The quantitative estimate of drug-likeness (QED) is 0.838. The first-order valence-electron chi connectivity index (χ1n) is 8.51. The number of hydrogen-bond acceptors (Lipinski definition) is 6. The van der Waals surface area contributed by atoms with E-state index in [2.05, 4.69) is 33.3 Å². The van der Waals surface area contributed by atoms with Gasteiger partial charge in [-0.15, -0.1) is 10.2 Å². The summed E-state index contributed by atoms with van der Waals surface area (Å²) in [6.45, 7) is 4.16. The van der Waals surface area contributed by atoms with Crippen LogP contribution in [0.25, 0.3) is 0 Å². The number of rotatable bonds is 5. The molecule has 1 saturated heterocycles. The van der Waals surface area contributed by atoms with Crippen LogP contribution in [0.15, 0.2) is 22.6 Å².